The summed E-state index contributed by atoms with van der Waals surface area (Å²) >= 11 is 1.62. The molecule has 0 saturated carbocycles. The van der Waals surface area contributed by atoms with Crippen molar-refractivity contribution < 1.29 is 14.3 Å². The van der Waals surface area contributed by atoms with Crippen LogP contribution in [0.5, 0.6) is 11.5 Å². The highest BCUT2D eigenvalue weighted by Crippen LogP contribution is 2.31. The topological polar surface area (TPSA) is 47.6 Å². The molecule has 2 rings (SSSR count). The molecule has 0 aliphatic rings. The van der Waals surface area contributed by atoms with Gasteiger partial charge >= 0.3 is 0 Å². The molecule has 0 bridgehead atoms. The van der Waals surface area contributed by atoms with E-state index in [0.29, 0.717) is 17.1 Å². The molecule has 0 radical (unpaired) electrons. The number of carbonyl (C=O) groups is 1. The molecule has 0 spiro atoms. The summed E-state index contributed by atoms with van der Waals surface area (Å²) in [6.07, 6.45) is 0. The number of para-hydroxylation sites is 1. The molecule has 0 fully saturated rings. The van der Waals surface area contributed by atoms with Crippen molar-refractivity contribution in [2.45, 2.75) is 13.0 Å². The first-order valence-electron chi connectivity index (χ1n) is 6.22. The van der Waals surface area contributed by atoms with Crippen molar-refractivity contribution in [3.8, 4) is 11.5 Å². The SMILES string of the molecule is COc1cccc(C(=O)N[C@@H](C)c2cccs2)c1OC. The molecular formula is C15H17NO3S. The van der Waals surface area contributed by atoms with Gasteiger partial charge in [0.2, 0.25) is 0 Å². The Kier molecular flexibility index (Phi) is 4.63. The van der Waals surface area contributed by atoms with E-state index in [1.807, 2.05) is 24.4 Å². The Balaban J connectivity index is 2.21. The summed E-state index contributed by atoms with van der Waals surface area (Å²) in [6, 6.07) is 9.17. The van der Waals surface area contributed by atoms with Gasteiger partial charge in [0.05, 0.1) is 25.8 Å². The third-order valence-electron chi connectivity index (χ3n) is 2.97. The molecule has 5 heteroatoms. The molecule has 1 N–H and O–H groups in total. The number of rotatable bonds is 5. The third-order valence-corrected chi connectivity index (χ3v) is 4.02. The van der Waals surface area contributed by atoms with Crippen LogP contribution in [0.2, 0.25) is 0 Å². The second kappa shape index (κ2) is 6.43. The Labute approximate surface area is 122 Å². The summed E-state index contributed by atoms with van der Waals surface area (Å²) in [7, 11) is 3.07. The number of amides is 1. The maximum atomic E-state index is 12.4. The standard InChI is InChI=1S/C15H17NO3S/c1-10(13-8-5-9-20-13)16-15(17)11-6-4-7-12(18-2)14(11)19-3/h4-10H,1-3H3,(H,16,17)/t10-/m0/s1. The molecule has 1 heterocycles. The summed E-state index contributed by atoms with van der Waals surface area (Å²) < 4.78 is 10.5. The highest BCUT2D eigenvalue weighted by molar-refractivity contribution is 7.10. The van der Waals surface area contributed by atoms with Gasteiger partial charge in [0.15, 0.2) is 11.5 Å². The average molecular weight is 291 g/mol. The van der Waals surface area contributed by atoms with Crippen molar-refractivity contribution in [2.75, 3.05) is 14.2 Å². The first kappa shape index (κ1) is 14.4. The highest BCUT2D eigenvalue weighted by atomic mass is 32.1. The molecule has 20 heavy (non-hydrogen) atoms. The number of benzene rings is 1. The lowest BCUT2D eigenvalue weighted by Crippen LogP contribution is -2.26. The fourth-order valence-electron chi connectivity index (χ4n) is 1.95. The van der Waals surface area contributed by atoms with E-state index in [-0.39, 0.29) is 11.9 Å². The van der Waals surface area contributed by atoms with Crippen molar-refractivity contribution in [2.24, 2.45) is 0 Å². The zero-order valence-electron chi connectivity index (χ0n) is 11.7. The molecule has 1 atom stereocenters. The lowest BCUT2D eigenvalue weighted by atomic mass is 10.1. The predicted octanol–water partition coefficient (Wildman–Crippen LogP) is 3.26. The first-order chi connectivity index (χ1) is 9.67. The van der Waals surface area contributed by atoms with Crippen LogP contribution in [0.25, 0.3) is 0 Å². The summed E-state index contributed by atoms with van der Waals surface area (Å²) in [6.45, 7) is 1.95. The second-order valence-corrected chi connectivity index (χ2v) is 5.23. The summed E-state index contributed by atoms with van der Waals surface area (Å²) in [5.74, 6) is 0.816. The number of methoxy groups -OCH3 is 2. The van der Waals surface area contributed by atoms with Crippen molar-refractivity contribution in [3.05, 3.63) is 46.2 Å². The van der Waals surface area contributed by atoms with Gasteiger partial charge in [0.1, 0.15) is 0 Å². The Morgan fingerprint density at radius 2 is 2.00 bits per heavy atom. The molecule has 4 nitrogen and oxygen atoms in total. The van der Waals surface area contributed by atoms with Crippen LogP contribution in [0, 0.1) is 0 Å². The van der Waals surface area contributed by atoms with Crippen LogP contribution in [0.15, 0.2) is 35.7 Å². The molecule has 106 valence electrons. The number of thiophene rings is 1. The predicted molar refractivity (Wildman–Crippen MR) is 79.7 cm³/mol. The van der Waals surface area contributed by atoms with E-state index in [9.17, 15) is 4.79 Å². The van der Waals surface area contributed by atoms with E-state index in [1.54, 1.807) is 36.6 Å². The zero-order chi connectivity index (χ0) is 14.5. The zero-order valence-corrected chi connectivity index (χ0v) is 12.5. The molecule has 1 aromatic carbocycles. The van der Waals surface area contributed by atoms with Crippen molar-refractivity contribution in [3.63, 3.8) is 0 Å². The second-order valence-electron chi connectivity index (χ2n) is 4.25. The van der Waals surface area contributed by atoms with Crippen LogP contribution in [-0.2, 0) is 0 Å². The molecule has 0 aliphatic carbocycles. The van der Waals surface area contributed by atoms with Gasteiger partial charge in [-0.25, -0.2) is 0 Å². The smallest absolute Gasteiger partial charge is 0.255 e. The van der Waals surface area contributed by atoms with Gasteiger partial charge in [-0.15, -0.1) is 11.3 Å². The average Bonchev–Trinajstić information content (AvgIpc) is 3.00. The lowest BCUT2D eigenvalue weighted by molar-refractivity contribution is 0.0937. The molecule has 1 amide bonds. The highest BCUT2D eigenvalue weighted by Gasteiger charge is 2.18. The Morgan fingerprint density at radius 3 is 2.60 bits per heavy atom. The number of nitrogens with one attached hydrogen (secondary N) is 1. The number of carbonyl (C=O) groups excluding carboxylic acids is 1. The van der Waals surface area contributed by atoms with Crippen LogP contribution in [0.3, 0.4) is 0 Å². The largest absolute Gasteiger partial charge is 0.493 e. The summed E-state index contributed by atoms with van der Waals surface area (Å²) in [5.41, 5.74) is 0.468. The van der Waals surface area contributed by atoms with E-state index in [2.05, 4.69) is 5.32 Å². The summed E-state index contributed by atoms with van der Waals surface area (Å²) in [4.78, 5) is 13.5. The molecular weight excluding hydrogens is 274 g/mol. The van der Waals surface area contributed by atoms with Gasteiger partial charge in [0.25, 0.3) is 5.91 Å². The Bertz CT molecular complexity index is 581. The van der Waals surface area contributed by atoms with Crippen LogP contribution < -0.4 is 14.8 Å². The normalized spacial score (nSPS) is 11.8. The van der Waals surface area contributed by atoms with Gasteiger partial charge in [-0.2, -0.15) is 0 Å². The monoisotopic (exact) mass is 291 g/mol. The van der Waals surface area contributed by atoms with E-state index < -0.39 is 0 Å². The quantitative estimate of drug-likeness (QED) is 0.920. The molecule has 2 aromatic rings. The Morgan fingerprint density at radius 1 is 1.20 bits per heavy atom. The molecule has 0 unspecified atom stereocenters. The van der Waals surface area contributed by atoms with Crippen LogP contribution in [0.4, 0.5) is 0 Å². The van der Waals surface area contributed by atoms with Gasteiger partial charge in [-0.05, 0) is 30.5 Å². The van der Waals surface area contributed by atoms with E-state index in [4.69, 9.17) is 9.47 Å². The van der Waals surface area contributed by atoms with Crippen molar-refractivity contribution in [1.82, 2.24) is 5.32 Å². The van der Waals surface area contributed by atoms with Crippen molar-refractivity contribution >= 4 is 17.2 Å². The van der Waals surface area contributed by atoms with E-state index in [0.717, 1.165) is 4.88 Å². The fraction of sp³-hybridized carbons (Fsp3) is 0.267. The Hall–Kier alpha value is -2.01. The minimum Gasteiger partial charge on any atom is -0.493 e. The van der Waals surface area contributed by atoms with Gasteiger partial charge < -0.3 is 14.8 Å². The van der Waals surface area contributed by atoms with Crippen LogP contribution in [-0.4, -0.2) is 20.1 Å². The summed E-state index contributed by atoms with van der Waals surface area (Å²) in [5, 5.41) is 4.95. The lowest BCUT2D eigenvalue weighted by Gasteiger charge is -2.15. The minimum absolute atomic E-state index is 0.0431. The third kappa shape index (κ3) is 2.93. The number of hydrogen-bond donors (Lipinski definition) is 1. The molecule has 0 saturated heterocycles. The molecule has 0 aliphatic heterocycles. The molecule has 1 aromatic heterocycles. The van der Waals surface area contributed by atoms with Gasteiger partial charge in [-0.3, -0.25) is 4.79 Å². The number of hydrogen-bond acceptors (Lipinski definition) is 4. The van der Waals surface area contributed by atoms with Crippen LogP contribution >= 0.6 is 11.3 Å². The van der Waals surface area contributed by atoms with Gasteiger partial charge in [0, 0.05) is 4.88 Å². The van der Waals surface area contributed by atoms with Crippen molar-refractivity contribution in [1.29, 1.82) is 0 Å². The van der Waals surface area contributed by atoms with E-state index >= 15 is 0 Å². The fourth-order valence-corrected chi connectivity index (χ4v) is 2.68. The first-order valence-corrected chi connectivity index (χ1v) is 7.10. The van der Waals surface area contributed by atoms with Gasteiger partial charge in [-0.1, -0.05) is 12.1 Å². The van der Waals surface area contributed by atoms with E-state index in [1.165, 1.54) is 7.11 Å². The van der Waals surface area contributed by atoms with Crippen LogP contribution in [0.1, 0.15) is 28.2 Å². The minimum atomic E-state index is -0.179. The number of ether oxygens (including phenoxy) is 2. The maximum absolute atomic E-state index is 12.4. The maximum Gasteiger partial charge on any atom is 0.255 e.